The van der Waals surface area contributed by atoms with Crippen molar-refractivity contribution in [3.8, 4) is 11.1 Å². The van der Waals surface area contributed by atoms with Gasteiger partial charge in [-0.25, -0.2) is 9.78 Å². The van der Waals surface area contributed by atoms with E-state index in [0.717, 1.165) is 11.1 Å². The quantitative estimate of drug-likeness (QED) is 0.835. The monoisotopic (exact) mass is 214 g/mol. The van der Waals surface area contributed by atoms with Crippen LogP contribution in [-0.2, 0) is 0 Å². The molecule has 0 aliphatic rings. The van der Waals surface area contributed by atoms with Gasteiger partial charge in [0.2, 0.25) is 0 Å². The van der Waals surface area contributed by atoms with Crippen molar-refractivity contribution in [1.82, 2.24) is 9.97 Å². The third kappa shape index (κ3) is 2.19. The molecule has 2 rings (SSSR count). The zero-order valence-corrected chi connectivity index (χ0v) is 9.40. The highest BCUT2D eigenvalue weighted by molar-refractivity contribution is 5.61. The first-order valence-corrected chi connectivity index (χ1v) is 5.32. The van der Waals surface area contributed by atoms with E-state index in [0.29, 0.717) is 5.92 Å². The van der Waals surface area contributed by atoms with E-state index in [1.54, 1.807) is 12.4 Å². The van der Waals surface area contributed by atoms with E-state index in [-0.39, 0.29) is 5.69 Å². The minimum absolute atomic E-state index is 0.317. The Balaban J connectivity index is 2.34. The highest BCUT2D eigenvalue weighted by Gasteiger charge is 2.01. The van der Waals surface area contributed by atoms with Crippen LogP contribution in [0.4, 0.5) is 0 Å². The summed E-state index contributed by atoms with van der Waals surface area (Å²) < 4.78 is 0. The normalized spacial score (nSPS) is 10.7. The molecule has 0 aliphatic heterocycles. The van der Waals surface area contributed by atoms with Gasteiger partial charge in [-0.3, -0.25) is 0 Å². The first-order valence-electron chi connectivity index (χ1n) is 5.32. The van der Waals surface area contributed by atoms with Gasteiger partial charge in [0.25, 0.3) is 0 Å². The van der Waals surface area contributed by atoms with E-state index in [2.05, 4.69) is 35.9 Å². The van der Waals surface area contributed by atoms with Crippen LogP contribution < -0.4 is 5.69 Å². The number of nitrogens with zero attached hydrogens (tertiary/aromatic N) is 1. The molecule has 0 aliphatic carbocycles. The highest BCUT2D eigenvalue weighted by atomic mass is 16.1. The summed E-state index contributed by atoms with van der Waals surface area (Å²) >= 11 is 0. The Bertz CT molecular complexity index is 506. The number of benzene rings is 1. The van der Waals surface area contributed by atoms with Gasteiger partial charge in [-0.2, -0.15) is 0 Å². The number of rotatable bonds is 2. The number of hydrogen-bond donors (Lipinski definition) is 1. The summed E-state index contributed by atoms with van der Waals surface area (Å²) in [6.07, 6.45) is 3.27. The topological polar surface area (TPSA) is 45.8 Å². The van der Waals surface area contributed by atoms with Crippen LogP contribution in [0, 0.1) is 0 Å². The molecule has 3 nitrogen and oxygen atoms in total. The lowest BCUT2D eigenvalue weighted by molar-refractivity contribution is 0.867. The average molecular weight is 214 g/mol. The molecule has 0 radical (unpaired) electrons. The molecule has 0 atom stereocenters. The fraction of sp³-hybridized carbons (Fsp3) is 0.231. The van der Waals surface area contributed by atoms with E-state index in [9.17, 15) is 4.79 Å². The molecule has 1 heterocycles. The molecule has 0 unspecified atom stereocenters. The Labute approximate surface area is 94.2 Å². The molecule has 1 aromatic carbocycles. The summed E-state index contributed by atoms with van der Waals surface area (Å²) in [7, 11) is 0. The zero-order chi connectivity index (χ0) is 11.5. The predicted octanol–water partition coefficient (Wildman–Crippen LogP) is 2.56. The van der Waals surface area contributed by atoms with E-state index in [1.165, 1.54) is 5.56 Å². The SMILES string of the molecule is CC(C)c1ccc(-c2cnc(=O)[nH]c2)cc1. The second-order valence-electron chi connectivity index (χ2n) is 4.08. The third-order valence-electron chi connectivity index (χ3n) is 2.58. The summed E-state index contributed by atoms with van der Waals surface area (Å²) in [5.41, 5.74) is 2.98. The van der Waals surface area contributed by atoms with Crippen LogP contribution in [0.2, 0.25) is 0 Å². The predicted molar refractivity (Wildman–Crippen MR) is 64.4 cm³/mol. The maximum Gasteiger partial charge on any atom is 0.344 e. The van der Waals surface area contributed by atoms with Gasteiger partial charge in [0.1, 0.15) is 0 Å². The molecule has 0 fully saturated rings. The largest absolute Gasteiger partial charge is 0.344 e. The minimum atomic E-state index is -0.317. The van der Waals surface area contributed by atoms with Crippen molar-refractivity contribution in [3.05, 3.63) is 52.7 Å². The smallest absolute Gasteiger partial charge is 0.312 e. The highest BCUT2D eigenvalue weighted by Crippen LogP contribution is 2.20. The summed E-state index contributed by atoms with van der Waals surface area (Å²) in [6.45, 7) is 4.33. The molecule has 0 saturated heterocycles. The molecular weight excluding hydrogens is 200 g/mol. The second-order valence-corrected chi connectivity index (χ2v) is 4.08. The van der Waals surface area contributed by atoms with Crippen molar-refractivity contribution in [1.29, 1.82) is 0 Å². The molecule has 0 spiro atoms. The van der Waals surface area contributed by atoms with E-state index >= 15 is 0 Å². The number of nitrogens with one attached hydrogen (secondary N) is 1. The summed E-state index contributed by atoms with van der Waals surface area (Å²) in [5.74, 6) is 0.530. The van der Waals surface area contributed by atoms with E-state index in [4.69, 9.17) is 0 Å². The van der Waals surface area contributed by atoms with E-state index in [1.807, 2.05) is 12.1 Å². The standard InChI is InChI=1S/C13H14N2O/c1-9(2)10-3-5-11(6-4-10)12-7-14-13(16)15-8-12/h3-9H,1-2H3,(H,14,15,16). The Kier molecular flexibility index (Phi) is 2.86. The van der Waals surface area contributed by atoms with Gasteiger partial charge in [0.05, 0.1) is 0 Å². The molecule has 16 heavy (non-hydrogen) atoms. The van der Waals surface area contributed by atoms with Crippen LogP contribution in [0.25, 0.3) is 11.1 Å². The van der Waals surface area contributed by atoms with E-state index < -0.39 is 0 Å². The van der Waals surface area contributed by atoms with Crippen LogP contribution in [0.3, 0.4) is 0 Å². The summed E-state index contributed by atoms with van der Waals surface area (Å²) in [5, 5.41) is 0. The van der Waals surface area contributed by atoms with Gasteiger partial charge >= 0.3 is 5.69 Å². The summed E-state index contributed by atoms with van der Waals surface area (Å²) in [4.78, 5) is 17.1. The lowest BCUT2D eigenvalue weighted by Crippen LogP contribution is -2.07. The lowest BCUT2D eigenvalue weighted by Gasteiger charge is -2.06. The molecular formula is C13H14N2O. The lowest BCUT2D eigenvalue weighted by atomic mass is 10.00. The molecule has 0 amide bonds. The van der Waals surface area contributed by atoms with Crippen LogP contribution in [-0.4, -0.2) is 9.97 Å². The number of hydrogen-bond acceptors (Lipinski definition) is 2. The first kappa shape index (κ1) is 10.6. The Morgan fingerprint density at radius 2 is 1.81 bits per heavy atom. The van der Waals surface area contributed by atoms with Crippen LogP contribution in [0.15, 0.2) is 41.5 Å². The zero-order valence-electron chi connectivity index (χ0n) is 9.40. The van der Waals surface area contributed by atoms with Gasteiger partial charge in [-0.05, 0) is 17.0 Å². The second kappa shape index (κ2) is 4.31. The third-order valence-corrected chi connectivity index (χ3v) is 2.58. The van der Waals surface area contributed by atoms with Crippen molar-refractivity contribution in [3.63, 3.8) is 0 Å². The number of aromatic amines is 1. The maximum absolute atomic E-state index is 10.8. The van der Waals surface area contributed by atoms with Gasteiger partial charge in [0, 0.05) is 18.0 Å². The first-order chi connectivity index (χ1) is 7.66. The van der Waals surface area contributed by atoms with Crippen LogP contribution in [0.5, 0.6) is 0 Å². The number of H-pyrrole nitrogens is 1. The Morgan fingerprint density at radius 1 is 1.12 bits per heavy atom. The van der Waals surface area contributed by atoms with Crippen molar-refractivity contribution in [2.75, 3.05) is 0 Å². The molecule has 1 N–H and O–H groups in total. The molecule has 0 bridgehead atoms. The van der Waals surface area contributed by atoms with Gasteiger partial charge in [-0.1, -0.05) is 38.1 Å². The van der Waals surface area contributed by atoms with Gasteiger partial charge in [0.15, 0.2) is 0 Å². The molecule has 82 valence electrons. The fourth-order valence-corrected chi connectivity index (χ4v) is 1.56. The van der Waals surface area contributed by atoms with Gasteiger partial charge < -0.3 is 4.98 Å². The summed E-state index contributed by atoms with van der Waals surface area (Å²) in [6, 6.07) is 8.30. The molecule has 3 heteroatoms. The van der Waals surface area contributed by atoms with Crippen LogP contribution >= 0.6 is 0 Å². The Morgan fingerprint density at radius 3 is 2.31 bits per heavy atom. The number of aromatic nitrogens is 2. The van der Waals surface area contributed by atoms with Crippen molar-refractivity contribution < 1.29 is 0 Å². The van der Waals surface area contributed by atoms with Crippen molar-refractivity contribution >= 4 is 0 Å². The fourth-order valence-electron chi connectivity index (χ4n) is 1.56. The molecule has 1 aromatic heterocycles. The average Bonchev–Trinajstić information content (AvgIpc) is 2.30. The van der Waals surface area contributed by atoms with Crippen molar-refractivity contribution in [2.45, 2.75) is 19.8 Å². The van der Waals surface area contributed by atoms with Crippen molar-refractivity contribution in [2.24, 2.45) is 0 Å². The molecule has 2 aromatic rings. The molecule has 0 saturated carbocycles. The minimum Gasteiger partial charge on any atom is -0.312 e. The maximum atomic E-state index is 10.8. The Hall–Kier alpha value is -1.90. The van der Waals surface area contributed by atoms with Crippen LogP contribution in [0.1, 0.15) is 25.3 Å². The van der Waals surface area contributed by atoms with Gasteiger partial charge in [-0.15, -0.1) is 0 Å².